The highest BCUT2D eigenvalue weighted by Crippen LogP contribution is 2.31. The topological polar surface area (TPSA) is 116 Å². The summed E-state index contributed by atoms with van der Waals surface area (Å²) in [5.74, 6) is 0.525. The van der Waals surface area contributed by atoms with Crippen LogP contribution in [0.4, 0.5) is 17.5 Å². The van der Waals surface area contributed by atoms with Crippen LogP contribution in [0.15, 0.2) is 24.3 Å². The van der Waals surface area contributed by atoms with E-state index in [1.807, 2.05) is 12.1 Å². The van der Waals surface area contributed by atoms with Crippen LogP contribution in [0.1, 0.15) is 48.8 Å². The van der Waals surface area contributed by atoms with Crippen molar-refractivity contribution < 1.29 is 4.79 Å². The van der Waals surface area contributed by atoms with Crippen LogP contribution in [-0.2, 0) is 13.6 Å². The van der Waals surface area contributed by atoms with Gasteiger partial charge in [0.2, 0.25) is 5.95 Å². The number of carbonyl (C=O) groups is 1. The standard InChI is InChI=1S/C22H31N7O/c1-4-29-13(2)12-14-16(10-7-11-18(14)29)25-21-19(20(24)30)28(3)22(27-21)26-17-9-6-5-8-15(17)23/h7,10-12,15,17,25H,4-6,8-9,23H2,1-3H3,(H2,24,30)(H,26,27)/t15-,17+/m0/s1. The Labute approximate surface area is 176 Å². The van der Waals surface area contributed by atoms with E-state index in [2.05, 4.69) is 46.2 Å². The number of amides is 1. The zero-order valence-electron chi connectivity index (χ0n) is 17.9. The summed E-state index contributed by atoms with van der Waals surface area (Å²) >= 11 is 0. The molecule has 2 aromatic heterocycles. The van der Waals surface area contributed by atoms with Gasteiger partial charge >= 0.3 is 0 Å². The minimum atomic E-state index is -0.525. The molecule has 30 heavy (non-hydrogen) atoms. The third-order valence-electron chi connectivity index (χ3n) is 6.18. The number of aromatic nitrogens is 3. The van der Waals surface area contributed by atoms with Crippen molar-refractivity contribution in [1.29, 1.82) is 0 Å². The average molecular weight is 410 g/mol. The Morgan fingerprint density at radius 2 is 2.07 bits per heavy atom. The van der Waals surface area contributed by atoms with Crippen LogP contribution in [0, 0.1) is 6.92 Å². The molecule has 8 nitrogen and oxygen atoms in total. The third-order valence-corrected chi connectivity index (χ3v) is 6.18. The summed E-state index contributed by atoms with van der Waals surface area (Å²) in [5, 5.41) is 7.87. The number of hydrogen-bond donors (Lipinski definition) is 4. The molecule has 1 fully saturated rings. The number of nitrogens with one attached hydrogen (secondary N) is 2. The van der Waals surface area contributed by atoms with Crippen LogP contribution in [0.2, 0.25) is 0 Å². The van der Waals surface area contributed by atoms with Crippen LogP contribution >= 0.6 is 0 Å². The van der Waals surface area contributed by atoms with Crippen molar-refractivity contribution in [1.82, 2.24) is 14.1 Å². The number of imidazole rings is 1. The Morgan fingerprint density at radius 1 is 1.30 bits per heavy atom. The number of fused-ring (bicyclic) bond motifs is 1. The first-order valence-electron chi connectivity index (χ1n) is 10.6. The van der Waals surface area contributed by atoms with Gasteiger partial charge in [-0.1, -0.05) is 18.9 Å². The van der Waals surface area contributed by atoms with E-state index in [0.29, 0.717) is 17.5 Å². The summed E-state index contributed by atoms with van der Waals surface area (Å²) in [6, 6.07) is 8.46. The SMILES string of the molecule is CCn1c(C)cc2c(Nc3nc(N[C@@H]4CCCC[C@@H]4N)n(C)c3C(N)=O)cccc21. The predicted molar refractivity (Wildman–Crippen MR) is 121 cm³/mol. The molecule has 4 rings (SSSR count). The number of benzene rings is 1. The van der Waals surface area contributed by atoms with Crippen molar-refractivity contribution in [3.05, 3.63) is 35.7 Å². The van der Waals surface area contributed by atoms with Crippen molar-refractivity contribution in [3.8, 4) is 0 Å². The van der Waals surface area contributed by atoms with E-state index in [1.165, 1.54) is 5.69 Å². The first-order valence-corrected chi connectivity index (χ1v) is 10.6. The first-order chi connectivity index (χ1) is 14.4. The normalized spacial score (nSPS) is 19.2. The van der Waals surface area contributed by atoms with Crippen molar-refractivity contribution in [3.63, 3.8) is 0 Å². The molecule has 0 unspecified atom stereocenters. The summed E-state index contributed by atoms with van der Waals surface area (Å²) < 4.78 is 3.97. The summed E-state index contributed by atoms with van der Waals surface area (Å²) in [4.78, 5) is 16.9. The van der Waals surface area contributed by atoms with Crippen molar-refractivity contribution in [2.45, 2.75) is 58.2 Å². The largest absolute Gasteiger partial charge is 0.364 e. The number of rotatable bonds is 6. The lowest BCUT2D eigenvalue weighted by molar-refractivity contribution is 0.0993. The molecule has 0 saturated heterocycles. The van der Waals surface area contributed by atoms with Gasteiger partial charge in [-0.3, -0.25) is 4.79 Å². The maximum Gasteiger partial charge on any atom is 0.269 e. The van der Waals surface area contributed by atoms with Gasteiger partial charge in [0.25, 0.3) is 5.91 Å². The zero-order valence-corrected chi connectivity index (χ0v) is 17.9. The van der Waals surface area contributed by atoms with E-state index in [9.17, 15) is 4.79 Å². The molecule has 1 aromatic carbocycles. The van der Waals surface area contributed by atoms with Crippen LogP contribution in [0.5, 0.6) is 0 Å². The quantitative estimate of drug-likeness (QED) is 0.499. The molecule has 1 aliphatic rings. The smallest absolute Gasteiger partial charge is 0.269 e. The predicted octanol–water partition coefficient (Wildman–Crippen LogP) is 3.23. The number of hydrogen-bond acceptors (Lipinski definition) is 5. The number of anilines is 3. The van der Waals surface area contributed by atoms with Gasteiger partial charge in [0, 0.05) is 42.4 Å². The van der Waals surface area contributed by atoms with E-state index in [4.69, 9.17) is 11.5 Å². The molecule has 2 atom stereocenters. The van der Waals surface area contributed by atoms with Gasteiger partial charge < -0.3 is 31.2 Å². The van der Waals surface area contributed by atoms with E-state index < -0.39 is 5.91 Å². The molecule has 0 spiro atoms. The number of nitrogens with two attached hydrogens (primary N) is 2. The summed E-state index contributed by atoms with van der Waals surface area (Å²) in [6.07, 6.45) is 4.27. The van der Waals surface area contributed by atoms with E-state index in [1.54, 1.807) is 11.6 Å². The average Bonchev–Trinajstić information content (AvgIpc) is 3.20. The Balaban J connectivity index is 1.71. The second-order valence-electron chi connectivity index (χ2n) is 8.15. The van der Waals surface area contributed by atoms with Crippen molar-refractivity contribution >= 4 is 34.3 Å². The number of nitrogens with zero attached hydrogens (tertiary/aromatic N) is 3. The zero-order chi connectivity index (χ0) is 21.4. The number of aryl methyl sites for hydroxylation is 2. The van der Waals surface area contributed by atoms with E-state index >= 15 is 0 Å². The molecule has 6 N–H and O–H groups in total. The highest BCUT2D eigenvalue weighted by atomic mass is 16.1. The lowest BCUT2D eigenvalue weighted by Gasteiger charge is -2.29. The molecule has 8 heteroatoms. The van der Waals surface area contributed by atoms with Gasteiger partial charge in [-0.25, -0.2) is 0 Å². The van der Waals surface area contributed by atoms with Gasteiger partial charge in [-0.2, -0.15) is 4.98 Å². The molecule has 1 aliphatic carbocycles. The molecular weight excluding hydrogens is 378 g/mol. The van der Waals surface area contributed by atoms with E-state index in [-0.39, 0.29) is 12.1 Å². The Kier molecular flexibility index (Phi) is 5.42. The fourth-order valence-corrected chi connectivity index (χ4v) is 4.57. The molecule has 1 saturated carbocycles. The molecule has 2 heterocycles. The van der Waals surface area contributed by atoms with Gasteiger partial charge in [0.15, 0.2) is 11.5 Å². The summed E-state index contributed by atoms with van der Waals surface area (Å²) in [7, 11) is 1.80. The highest BCUT2D eigenvalue weighted by Gasteiger charge is 2.26. The minimum Gasteiger partial charge on any atom is -0.364 e. The summed E-state index contributed by atoms with van der Waals surface area (Å²) in [6.45, 7) is 5.12. The molecule has 0 bridgehead atoms. The minimum absolute atomic E-state index is 0.0782. The van der Waals surface area contributed by atoms with Gasteiger partial charge in [0.1, 0.15) is 0 Å². The molecule has 3 aromatic rings. The Bertz CT molecular complexity index is 1080. The Morgan fingerprint density at radius 3 is 2.77 bits per heavy atom. The maximum atomic E-state index is 12.2. The second-order valence-corrected chi connectivity index (χ2v) is 8.15. The number of carbonyl (C=O) groups excluding carboxylic acids is 1. The molecule has 160 valence electrons. The molecule has 0 aliphatic heterocycles. The fourth-order valence-electron chi connectivity index (χ4n) is 4.57. The third kappa shape index (κ3) is 3.52. The van der Waals surface area contributed by atoms with Gasteiger partial charge in [-0.05, 0) is 44.9 Å². The molecule has 0 radical (unpaired) electrons. The van der Waals surface area contributed by atoms with Crippen LogP contribution < -0.4 is 22.1 Å². The lowest BCUT2D eigenvalue weighted by Crippen LogP contribution is -2.43. The van der Waals surface area contributed by atoms with Gasteiger partial charge in [0.05, 0.1) is 5.52 Å². The fraction of sp³-hybridized carbons (Fsp3) is 0.455. The monoisotopic (exact) mass is 409 g/mol. The number of primary amides is 1. The van der Waals surface area contributed by atoms with E-state index in [0.717, 1.165) is 48.8 Å². The van der Waals surface area contributed by atoms with Crippen molar-refractivity contribution in [2.75, 3.05) is 10.6 Å². The van der Waals surface area contributed by atoms with Crippen LogP contribution in [0.25, 0.3) is 10.9 Å². The Hall–Kier alpha value is -3.00. The van der Waals surface area contributed by atoms with Gasteiger partial charge in [-0.15, -0.1) is 0 Å². The maximum absolute atomic E-state index is 12.2. The second kappa shape index (κ2) is 8.02. The summed E-state index contributed by atoms with van der Waals surface area (Å²) in [5.41, 5.74) is 15.6. The van der Waals surface area contributed by atoms with Crippen LogP contribution in [-0.4, -0.2) is 32.1 Å². The molecular formula is C22H31N7O. The lowest BCUT2D eigenvalue weighted by atomic mass is 9.91. The molecule has 1 amide bonds. The first kappa shape index (κ1) is 20.3. The van der Waals surface area contributed by atoms with Crippen LogP contribution in [0.3, 0.4) is 0 Å². The van der Waals surface area contributed by atoms with Crippen molar-refractivity contribution in [2.24, 2.45) is 18.5 Å². The highest BCUT2D eigenvalue weighted by molar-refractivity contribution is 6.00.